The molecule has 6 nitrogen and oxygen atoms in total. The highest BCUT2D eigenvalue weighted by molar-refractivity contribution is 5.94. The van der Waals surface area contributed by atoms with Gasteiger partial charge in [-0.1, -0.05) is 0 Å². The number of piperidine rings is 1. The first-order chi connectivity index (χ1) is 10.7. The van der Waals surface area contributed by atoms with Crippen molar-refractivity contribution in [2.45, 2.75) is 25.8 Å². The third-order valence-corrected chi connectivity index (χ3v) is 4.05. The van der Waals surface area contributed by atoms with Crippen molar-refractivity contribution >= 4 is 23.0 Å². The number of H-pyrrole nitrogens is 1. The Labute approximate surface area is 129 Å². The van der Waals surface area contributed by atoms with Crippen LogP contribution in [0, 0.1) is 0 Å². The first-order valence-corrected chi connectivity index (χ1v) is 7.77. The van der Waals surface area contributed by atoms with Gasteiger partial charge in [0.25, 0.3) is 0 Å². The number of likely N-dealkylation sites (tertiary alicyclic amines) is 1. The first kappa shape index (κ1) is 14.8. The molecule has 2 aromatic rings. The summed E-state index contributed by atoms with van der Waals surface area (Å²) < 4.78 is 5.02. The van der Waals surface area contributed by atoms with Crippen LogP contribution in [0.1, 0.15) is 30.1 Å². The summed E-state index contributed by atoms with van der Waals surface area (Å²) in [6.07, 6.45) is 2.23. The molecule has 1 aliphatic rings. The smallest absolute Gasteiger partial charge is 0.338 e. The summed E-state index contributed by atoms with van der Waals surface area (Å²) in [5.41, 5.74) is 2.24. The molecule has 22 heavy (non-hydrogen) atoms. The molecule has 0 aliphatic carbocycles. The van der Waals surface area contributed by atoms with E-state index in [1.807, 2.05) is 6.07 Å². The van der Waals surface area contributed by atoms with E-state index in [9.17, 15) is 4.79 Å². The zero-order chi connectivity index (χ0) is 15.5. The first-order valence-electron chi connectivity index (χ1n) is 7.77. The second-order valence-electron chi connectivity index (χ2n) is 5.76. The Morgan fingerprint density at radius 1 is 1.45 bits per heavy atom. The maximum Gasteiger partial charge on any atom is 0.338 e. The standard InChI is InChI=1S/C16H22N4O2/c1-3-22-15(21)11-4-5-13-14(10-11)19-16(18-13)17-12-6-8-20(2)9-7-12/h4-5,10,12H,3,6-9H2,1-2H3,(H2,17,18,19). The van der Waals surface area contributed by atoms with Crippen molar-refractivity contribution in [2.75, 3.05) is 32.1 Å². The van der Waals surface area contributed by atoms with Crippen LogP contribution in [0.3, 0.4) is 0 Å². The third-order valence-electron chi connectivity index (χ3n) is 4.05. The lowest BCUT2D eigenvalue weighted by atomic mass is 10.1. The van der Waals surface area contributed by atoms with E-state index in [2.05, 4.69) is 27.2 Å². The largest absolute Gasteiger partial charge is 0.462 e. The summed E-state index contributed by atoms with van der Waals surface area (Å²) in [5.74, 6) is 0.467. The van der Waals surface area contributed by atoms with Gasteiger partial charge in [0.05, 0.1) is 23.2 Å². The molecule has 3 rings (SSSR count). The number of benzene rings is 1. The Morgan fingerprint density at radius 3 is 2.95 bits per heavy atom. The van der Waals surface area contributed by atoms with E-state index in [1.54, 1.807) is 19.1 Å². The molecule has 0 spiro atoms. The van der Waals surface area contributed by atoms with Gasteiger partial charge in [-0.3, -0.25) is 0 Å². The number of anilines is 1. The summed E-state index contributed by atoms with van der Waals surface area (Å²) in [5, 5.41) is 3.46. The van der Waals surface area contributed by atoms with Gasteiger partial charge in [-0.15, -0.1) is 0 Å². The average Bonchev–Trinajstić information content (AvgIpc) is 2.91. The van der Waals surface area contributed by atoms with Gasteiger partial charge in [0, 0.05) is 6.04 Å². The van der Waals surface area contributed by atoms with Gasteiger partial charge in [-0.05, 0) is 58.1 Å². The SMILES string of the molecule is CCOC(=O)c1ccc2nc(NC3CCN(C)CC3)[nH]c2c1. The minimum atomic E-state index is -0.302. The summed E-state index contributed by atoms with van der Waals surface area (Å²) >= 11 is 0. The Balaban J connectivity index is 1.73. The van der Waals surface area contributed by atoms with Gasteiger partial charge in [-0.2, -0.15) is 0 Å². The Hall–Kier alpha value is -2.08. The Morgan fingerprint density at radius 2 is 2.23 bits per heavy atom. The molecule has 2 N–H and O–H groups in total. The van der Waals surface area contributed by atoms with Gasteiger partial charge >= 0.3 is 5.97 Å². The summed E-state index contributed by atoms with van der Waals surface area (Å²) in [7, 11) is 2.15. The van der Waals surface area contributed by atoms with E-state index in [0.717, 1.165) is 42.9 Å². The summed E-state index contributed by atoms with van der Waals surface area (Å²) in [6.45, 7) is 4.38. The van der Waals surface area contributed by atoms with Crippen molar-refractivity contribution in [3.05, 3.63) is 23.8 Å². The fourth-order valence-corrected chi connectivity index (χ4v) is 2.77. The van der Waals surface area contributed by atoms with E-state index >= 15 is 0 Å². The van der Waals surface area contributed by atoms with Crippen molar-refractivity contribution in [1.82, 2.24) is 14.9 Å². The van der Waals surface area contributed by atoms with E-state index in [0.29, 0.717) is 18.2 Å². The van der Waals surface area contributed by atoms with Crippen LogP contribution in [-0.2, 0) is 4.74 Å². The number of hydrogen-bond acceptors (Lipinski definition) is 5. The van der Waals surface area contributed by atoms with Crippen LogP contribution >= 0.6 is 0 Å². The van der Waals surface area contributed by atoms with Crippen molar-refractivity contribution < 1.29 is 9.53 Å². The number of carbonyl (C=O) groups excluding carboxylic acids is 1. The van der Waals surface area contributed by atoms with E-state index in [4.69, 9.17) is 4.74 Å². The maximum atomic E-state index is 11.8. The zero-order valence-electron chi connectivity index (χ0n) is 13.1. The normalized spacial score (nSPS) is 16.8. The van der Waals surface area contributed by atoms with Crippen molar-refractivity contribution in [3.8, 4) is 0 Å². The number of esters is 1. The monoisotopic (exact) mass is 302 g/mol. The average molecular weight is 302 g/mol. The molecule has 1 aliphatic heterocycles. The number of hydrogen-bond donors (Lipinski definition) is 2. The van der Waals surface area contributed by atoms with Gasteiger partial charge < -0.3 is 19.9 Å². The highest BCUT2D eigenvalue weighted by Crippen LogP contribution is 2.19. The van der Waals surface area contributed by atoms with Crippen LogP contribution in [0.25, 0.3) is 11.0 Å². The molecule has 0 atom stereocenters. The van der Waals surface area contributed by atoms with Crippen molar-refractivity contribution in [1.29, 1.82) is 0 Å². The van der Waals surface area contributed by atoms with Crippen LogP contribution in [0.5, 0.6) is 0 Å². The van der Waals surface area contributed by atoms with Crippen LogP contribution in [0.4, 0.5) is 5.95 Å². The molecule has 1 aromatic carbocycles. The van der Waals surface area contributed by atoms with Crippen molar-refractivity contribution in [3.63, 3.8) is 0 Å². The van der Waals surface area contributed by atoms with Crippen LogP contribution in [0.15, 0.2) is 18.2 Å². The Kier molecular flexibility index (Phi) is 4.29. The molecule has 1 fully saturated rings. The third kappa shape index (κ3) is 3.22. The lowest BCUT2D eigenvalue weighted by molar-refractivity contribution is 0.0526. The van der Waals surface area contributed by atoms with E-state index in [-0.39, 0.29) is 5.97 Å². The molecule has 2 heterocycles. The van der Waals surface area contributed by atoms with Gasteiger partial charge in [0.1, 0.15) is 0 Å². The predicted molar refractivity (Wildman–Crippen MR) is 86.2 cm³/mol. The molecule has 1 aromatic heterocycles. The molecular weight excluding hydrogens is 280 g/mol. The topological polar surface area (TPSA) is 70.2 Å². The lowest BCUT2D eigenvalue weighted by Gasteiger charge is -2.29. The Bertz CT molecular complexity index is 659. The molecule has 0 saturated carbocycles. The number of aromatic nitrogens is 2. The molecule has 0 radical (unpaired) electrons. The minimum Gasteiger partial charge on any atom is -0.462 e. The molecule has 0 amide bonds. The number of fused-ring (bicyclic) bond motifs is 1. The molecular formula is C16H22N4O2. The second-order valence-corrected chi connectivity index (χ2v) is 5.76. The quantitative estimate of drug-likeness (QED) is 0.848. The molecule has 0 unspecified atom stereocenters. The molecule has 0 bridgehead atoms. The number of rotatable bonds is 4. The fraction of sp³-hybridized carbons (Fsp3) is 0.500. The summed E-state index contributed by atoms with van der Waals surface area (Å²) in [6, 6.07) is 5.83. The number of ether oxygens (including phenoxy) is 1. The van der Waals surface area contributed by atoms with Gasteiger partial charge in [0.15, 0.2) is 0 Å². The van der Waals surface area contributed by atoms with Gasteiger partial charge in [-0.25, -0.2) is 9.78 Å². The number of nitrogens with zero attached hydrogens (tertiary/aromatic N) is 2. The van der Waals surface area contributed by atoms with E-state index < -0.39 is 0 Å². The molecule has 118 valence electrons. The van der Waals surface area contributed by atoms with Crippen LogP contribution in [-0.4, -0.2) is 53.6 Å². The summed E-state index contributed by atoms with van der Waals surface area (Å²) in [4.78, 5) is 21.9. The second kappa shape index (κ2) is 6.36. The fourth-order valence-electron chi connectivity index (χ4n) is 2.77. The highest BCUT2D eigenvalue weighted by atomic mass is 16.5. The maximum absolute atomic E-state index is 11.8. The highest BCUT2D eigenvalue weighted by Gasteiger charge is 2.17. The number of nitrogens with one attached hydrogen (secondary N) is 2. The van der Waals surface area contributed by atoms with Gasteiger partial charge in [0.2, 0.25) is 5.95 Å². The van der Waals surface area contributed by atoms with E-state index in [1.165, 1.54) is 0 Å². The van der Waals surface area contributed by atoms with Crippen molar-refractivity contribution in [2.24, 2.45) is 0 Å². The lowest BCUT2D eigenvalue weighted by Crippen LogP contribution is -2.36. The van der Waals surface area contributed by atoms with Crippen LogP contribution < -0.4 is 5.32 Å². The molecule has 6 heteroatoms. The molecule has 1 saturated heterocycles. The predicted octanol–water partition coefficient (Wildman–Crippen LogP) is 2.25. The number of aromatic amines is 1. The van der Waals surface area contributed by atoms with Crippen LogP contribution in [0.2, 0.25) is 0 Å². The number of carbonyl (C=O) groups is 1. The number of imidazole rings is 1. The zero-order valence-corrected chi connectivity index (χ0v) is 13.1. The minimum absolute atomic E-state index is 0.302.